The molecule has 0 fully saturated rings. The van der Waals surface area contributed by atoms with Gasteiger partial charge in [0.2, 0.25) is 0 Å². The molecule has 0 heterocycles. The Hall–Kier alpha value is -0.980. The predicted molar refractivity (Wildman–Crippen MR) is 58.5 cm³/mol. The van der Waals surface area contributed by atoms with E-state index in [0.717, 1.165) is 6.42 Å². The smallest absolute Gasteiger partial charge is 0.145 e. The average Bonchev–Trinajstić information content (AvgIpc) is 2.26. The highest BCUT2D eigenvalue weighted by Crippen LogP contribution is 2.33. The summed E-state index contributed by atoms with van der Waals surface area (Å²) in [6.07, 6.45) is 1.58. The number of hydrogen-bond donors (Lipinski definition) is 0. The second-order valence-electron chi connectivity index (χ2n) is 2.99. The maximum atomic E-state index is 11.2. The van der Waals surface area contributed by atoms with Crippen molar-refractivity contribution in [2.24, 2.45) is 0 Å². The maximum absolute atomic E-state index is 11.2. The van der Waals surface area contributed by atoms with Crippen molar-refractivity contribution in [1.82, 2.24) is 0 Å². The van der Waals surface area contributed by atoms with Gasteiger partial charge < -0.3 is 0 Å². The molecule has 1 atom stereocenters. The van der Waals surface area contributed by atoms with Crippen molar-refractivity contribution >= 4 is 8.03 Å². The summed E-state index contributed by atoms with van der Waals surface area (Å²) in [4.78, 5) is 0. The lowest BCUT2D eigenvalue weighted by atomic mass is 10.1. The lowest BCUT2D eigenvalue weighted by Gasteiger charge is -1.96. The molecule has 14 heavy (non-hydrogen) atoms. The fraction of sp³-hybridized carbons (Fsp3) is 0.273. The zero-order valence-electron chi connectivity index (χ0n) is 8.27. The topological polar surface area (TPSA) is 26.3 Å². The van der Waals surface area contributed by atoms with Crippen molar-refractivity contribution in [3.63, 3.8) is 0 Å². The first-order valence-corrected chi connectivity index (χ1v) is 5.65. The fourth-order valence-corrected chi connectivity index (χ4v) is 1.71. The lowest BCUT2D eigenvalue weighted by molar-refractivity contribution is 0.419. The van der Waals surface area contributed by atoms with Crippen molar-refractivity contribution in [1.29, 1.82) is 0 Å². The molecule has 74 valence electrons. The maximum Gasteiger partial charge on any atom is 0.543 e. The van der Waals surface area contributed by atoms with Gasteiger partial charge in [-0.15, -0.1) is 4.52 Å². The molecule has 1 aromatic rings. The van der Waals surface area contributed by atoms with E-state index in [4.69, 9.17) is 4.52 Å². The summed E-state index contributed by atoms with van der Waals surface area (Å²) in [6.45, 7) is 3.73. The van der Waals surface area contributed by atoms with Gasteiger partial charge in [-0.25, -0.2) is 0 Å². The third-order valence-electron chi connectivity index (χ3n) is 1.97. The van der Waals surface area contributed by atoms with E-state index in [0.29, 0.717) is 11.7 Å². The van der Waals surface area contributed by atoms with Gasteiger partial charge in [-0.05, 0) is 23.1 Å². The largest absolute Gasteiger partial charge is 0.543 e. The van der Waals surface area contributed by atoms with E-state index in [1.165, 1.54) is 12.7 Å². The Bertz CT molecular complexity index is 319. The van der Waals surface area contributed by atoms with Crippen LogP contribution in [0.15, 0.2) is 42.2 Å². The van der Waals surface area contributed by atoms with Crippen molar-refractivity contribution in [2.45, 2.75) is 12.8 Å². The number of rotatable bonds is 5. The molecule has 0 spiro atoms. The van der Waals surface area contributed by atoms with Gasteiger partial charge in [0.1, 0.15) is 0 Å². The summed E-state index contributed by atoms with van der Waals surface area (Å²) >= 11 is 0. The monoisotopic (exact) mass is 209 g/mol. The minimum atomic E-state index is -1.68. The number of aryl methyl sites for hydroxylation is 1. The van der Waals surface area contributed by atoms with E-state index >= 15 is 0 Å². The molecular formula is C11H14O2P+. The first kappa shape index (κ1) is 11.1. The van der Waals surface area contributed by atoms with Crippen LogP contribution in [0.2, 0.25) is 0 Å². The quantitative estimate of drug-likeness (QED) is 0.693. The molecule has 0 aliphatic rings. The molecule has 1 unspecified atom stereocenters. The normalized spacial score (nSPS) is 11.1. The van der Waals surface area contributed by atoms with E-state index in [1.54, 1.807) is 0 Å². The van der Waals surface area contributed by atoms with Crippen molar-refractivity contribution < 1.29 is 9.09 Å². The average molecular weight is 209 g/mol. The third kappa shape index (κ3) is 3.41. The Morgan fingerprint density at radius 2 is 2.07 bits per heavy atom. The first-order chi connectivity index (χ1) is 6.74. The molecule has 1 aromatic carbocycles. The summed E-state index contributed by atoms with van der Waals surface area (Å²) in [5.74, 6) is 0. The molecule has 0 radical (unpaired) electrons. The molecule has 3 heteroatoms. The summed E-state index contributed by atoms with van der Waals surface area (Å²) in [5, 5.41) is 0.673. The molecule has 0 N–H and O–H groups in total. The molecule has 0 bridgehead atoms. The summed E-state index contributed by atoms with van der Waals surface area (Å²) < 4.78 is 15.9. The highest BCUT2D eigenvalue weighted by molar-refractivity contribution is 7.44. The molecule has 0 aliphatic carbocycles. The van der Waals surface area contributed by atoms with E-state index in [1.807, 2.05) is 30.3 Å². The third-order valence-corrected chi connectivity index (χ3v) is 3.04. The Morgan fingerprint density at radius 3 is 2.64 bits per heavy atom. The second kappa shape index (κ2) is 5.69. The van der Waals surface area contributed by atoms with Crippen LogP contribution in [0.5, 0.6) is 0 Å². The lowest BCUT2D eigenvalue weighted by Crippen LogP contribution is -1.85. The summed E-state index contributed by atoms with van der Waals surface area (Å²) in [6, 6.07) is 10.1. The molecule has 1 rings (SSSR count). The highest BCUT2D eigenvalue weighted by Gasteiger charge is 2.20. The SMILES string of the molecule is C=C(CCc1ccccc1)[P+](=O)OC. The Balaban J connectivity index is 2.42. The Morgan fingerprint density at radius 1 is 1.43 bits per heavy atom. The van der Waals surface area contributed by atoms with Gasteiger partial charge in [-0.1, -0.05) is 30.3 Å². The molecule has 2 nitrogen and oxygen atoms in total. The van der Waals surface area contributed by atoms with Crippen LogP contribution in [0.3, 0.4) is 0 Å². The molecule has 0 aromatic heterocycles. The van der Waals surface area contributed by atoms with Gasteiger partial charge in [0.05, 0.1) is 7.11 Å². The van der Waals surface area contributed by atoms with E-state index < -0.39 is 8.03 Å². The number of allylic oxidation sites excluding steroid dienone is 1. The van der Waals surface area contributed by atoms with Crippen LogP contribution in [-0.2, 0) is 15.5 Å². The van der Waals surface area contributed by atoms with Crippen LogP contribution in [0.25, 0.3) is 0 Å². The van der Waals surface area contributed by atoms with Gasteiger partial charge in [0.15, 0.2) is 5.31 Å². The van der Waals surface area contributed by atoms with Crippen LogP contribution in [0.4, 0.5) is 0 Å². The van der Waals surface area contributed by atoms with Gasteiger partial charge in [-0.2, -0.15) is 0 Å². The zero-order valence-corrected chi connectivity index (χ0v) is 9.17. The zero-order chi connectivity index (χ0) is 10.4. The molecule has 0 saturated carbocycles. The van der Waals surface area contributed by atoms with E-state index in [9.17, 15) is 4.57 Å². The minimum absolute atomic E-state index is 0.673. The second-order valence-corrected chi connectivity index (χ2v) is 4.50. The standard InChI is InChI=1S/C11H14O2P/c1-10(14(12)13-2)8-9-11-6-4-3-5-7-11/h3-7H,1,8-9H2,2H3/q+1. The summed E-state index contributed by atoms with van der Waals surface area (Å²) in [5.41, 5.74) is 1.23. The van der Waals surface area contributed by atoms with Crippen LogP contribution < -0.4 is 0 Å². The van der Waals surface area contributed by atoms with E-state index in [-0.39, 0.29) is 0 Å². The van der Waals surface area contributed by atoms with Crippen LogP contribution in [-0.4, -0.2) is 7.11 Å². The molecular weight excluding hydrogens is 195 g/mol. The van der Waals surface area contributed by atoms with Crippen molar-refractivity contribution in [3.05, 3.63) is 47.8 Å². The van der Waals surface area contributed by atoms with Crippen molar-refractivity contribution in [2.75, 3.05) is 7.11 Å². The number of benzene rings is 1. The van der Waals surface area contributed by atoms with Gasteiger partial charge in [0.25, 0.3) is 0 Å². The van der Waals surface area contributed by atoms with Gasteiger partial charge >= 0.3 is 8.03 Å². The minimum Gasteiger partial charge on any atom is -0.145 e. The first-order valence-electron chi connectivity index (χ1n) is 4.47. The van der Waals surface area contributed by atoms with Gasteiger partial charge in [0, 0.05) is 6.42 Å². The fourth-order valence-electron chi connectivity index (χ4n) is 1.15. The highest BCUT2D eigenvalue weighted by atomic mass is 31.1. The molecule has 0 aliphatic heterocycles. The van der Waals surface area contributed by atoms with Crippen molar-refractivity contribution in [3.8, 4) is 0 Å². The molecule has 0 saturated heterocycles. The number of hydrogen-bond acceptors (Lipinski definition) is 2. The van der Waals surface area contributed by atoms with Gasteiger partial charge in [-0.3, -0.25) is 0 Å². The summed E-state index contributed by atoms with van der Waals surface area (Å²) in [7, 11) is -0.243. The Kier molecular flexibility index (Phi) is 4.51. The predicted octanol–water partition coefficient (Wildman–Crippen LogP) is 3.52. The van der Waals surface area contributed by atoms with E-state index in [2.05, 4.69) is 6.58 Å². The van der Waals surface area contributed by atoms with Crippen LogP contribution in [0, 0.1) is 0 Å². The Labute approximate surface area is 85.5 Å². The molecule has 0 amide bonds. The van der Waals surface area contributed by atoms with Crippen LogP contribution in [0.1, 0.15) is 12.0 Å². The van der Waals surface area contributed by atoms with Crippen LogP contribution >= 0.6 is 8.03 Å².